The van der Waals surface area contributed by atoms with Crippen LogP contribution >= 0.6 is 0 Å². The summed E-state index contributed by atoms with van der Waals surface area (Å²) < 4.78 is 100. The average molecular weight is 1140 g/mol. The van der Waals surface area contributed by atoms with Crippen LogP contribution in [0.5, 0.6) is 5.75 Å². The number of amides is 2. The number of hydrogen-bond donors (Lipinski definition) is 4. The average Bonchev–Trinajstić information content (AvgIpc) is 4.40. The predicted molar refractivity (Wildman–Crippen MR) is 292 cm³/mol. The van der Waals surface area contributed by atoms with E-state index in [1.54, 1.807) is 42.7 Å². The summed E-state index contributed by atoms with van der Waals surface area (Å²) in [7, 11) is 1.99. The number of nitrogens with one attached hydrogen (secondary N) is 2. The van der Waals surface area contributed by atoms with Crippen LogP contribution in [0.1, 0.15) is 44.7 Å². The van der Waals surface area contributed by atoms with E-state index in [4.69, 9.17) is 47.4 Å². The number of ether oxygens (including phenoxy) is 10. The predicted octanol–water partition coefficient (Wildman–Crippen LogP) is 4.00. The fourth-order valence-corrected chi connectivity index (χ4v) is 9.21. The highest BCUT2D eigenvalue weighted by Crippen LogP contribution is 2.43. The molecule has 4 aromatic rings. The van der Waals surface area contributed by atoms with E-state index in [-0.39, 0.29) is 41.1 Å². The fourth-order valence-electron chi connectivity index (χ4n) is 9.21. The van der Waals surface area contributed by atoms with Crippen LogP contribution in [0.25, 0.3) is 5.65 Å². The second-order valence-electron chi connectivity index (χ2n) is 19.6. The van der Waals surface area contributed by atoms with Crippen LogP contribution in [0.2, 0.25) is 0 Å². The summed E-state index contributed by atoms with van der Waals surface area (Å²) >= 11 is 0. The number of anilines is 1. The molecule has 0 unspecified atom stereocenters. The third-order valence-electron chi connectivity index (χ3n) is 13.8. The van der Waals surface area contributed by atoms with Crippen molar-refractivity contribution in [2.24, 2.45) is 11.8 Å². The summed E-state index contributed by atoms with van der Waals surface area (Å²) in [6.45, 7) is 13.3. The zero-order valence-corrected chi connectivity index (χ0v) is 46.3. The third kappa shape index (κ3) is 20.7. The molecule has 2 aromatic carbocycles. The number of piperazine rings is 1. The summed E-state index contributed by atoms with van der Waals surface area (Å²) in [4.78, 5) is 34.3. The maximum absolute atomic E-state index is 14.2. The van der Waals surface area contributed by atoms with Crippen LogP contribution in [0, 0.1) is 30.6 Å². The van der Waals surface area contributed by atoms with Gasteiger partial charge in [-0.25, -0.2) is 4.98 Å². The maximum atomic E-state index is 14.2. The summed E-state index contributed by atoms with van der Waals surface area (Å²) in [5.74, 6) is 5.54. The Balaban J connectivity index is 0.632. The number of aryl methyl sites for hydroxylation is 1. The monoisotopic (exact) mass is 1140 g/mol. The van der Waals surface area contributed by atoms with E-state index in [1.165, 1.54) is 12.1 Å². The first-order chi connectivity index (χ1) is 39.3. The van der Waals surface area contributed by atoms with Crippen molar-refractivity contribution in [3.63, 3.8) is 0 Å². The minimum absolute atomic E-state index is 0.0582. The number of pyridine rings is 1. The first-order valence-electron chi connectivity index (χ1n) is 27.5. The van der Waals surface area contributed by atoms with E-state index in [0.29, 0.717) is 174 Å². The van der Waals surface area contributed by atoms with Gasteiger partial charge in [0.25, 0.3) is 5.91 Å². The number of hydrogen-bond acceptors (Lipinski definition) is 17. The van der Waals surface area contributed by atoms with Crippen LogP contribution in [-0.4, -0.2) is 219 Å². The summed E-state index contributed by atoms with van der Waals surface area (Å²) in [5, 5.41) is 25.3. The Labute approximate surface area is 471 Å². The number of aliphatic hydroxyl groups is 2. The molecule has 0 spiro atoms. The number of nitrogens with zero attached hydrogens (tertiary/aromatic N) is 4. The van der Waals surface area contributed by atoms with Gasteiger partial charge in [-0.1, -0.05) is 24.1 Å². The van der Waals surface area contributed by atoms with Gasteiger partial charge in [0.05, 0.1) is 143 Å². The number of alkyl halides is 3. The summed E-state index contributed by atoms with van der Waals surface area (Å²) in [6, 6.07) is 12.6. The molecular formula is C58H77F3N6O14. The lowest BCUT2D eigenvalue weighted by molar-refractivity contribution is -0.138. The van der Waals surface area contributed by atoms with Crippen LogP contribution in [0.3, 0.4) is 0 Å². The van der Waals surface area contributed by atoms with Gasteiger partial charge in [0.1, 0.15) is 29.8 Å². The number of carbonyl (C=O) groups excluding carboxylic acids is 2. The second kappa shape index (κ2) is 33.5. The van der Waals surface area contributed by atoms with Gasteiger partial charge >= 0.3 is 6.18 Å². The standard InChI is InChI=1S/C58H77F3N6O14/c1-42-3-4-44(56(70)64-47-7-5-45(52(38-47)58(59,60)61)41-66-14-12-65(2)13-15-66)35-43(42)6-8-48-40-63-53-39-49(9-11-67(48)53)81-34-33-80-32-31-79-30-29-78-28-27-77-26-25-76-24-23-75-22-21-74-20-19-73-18-17-72-16-10-62-57(71)51-37-46-36-50(51)55(69)54(46)68/h3-5,7,9,11,35-36,38-40,50-51,54-55,68-69H,10,12-34,37,41H2,1-2H3,(H,62,71)(H,64,70)/t50-,51+,54+,55-/m1/s1. The molecule has 7 rings (SSSR count). The van der Waals surface area contributed by atoms with Crippen molar-refractivity contribution in [2.75, 3.05) is 171 Å². The number of imidazole rings is 1. The molecule has 0 saturated carbocycles. The SMILES string of the molecule is Cc1ccc(C(=O)Nc2ccc(CN3CCN(C)CC3)c(C(F)(F)F)c2)cc1C#Cc1cnc2cc(OCCOCCOCCOCCOCCOCCOCCOCCOCCOCCNC(=O)[C@H]3CC4=C[C@H]3[C@@H](O)[C@H]4O)ccn12. The molecule has 2 aliphatic carbocycles. The van der Waals surface area contributed by atoms with Gasteiger partial charge < -0.3 is 73.1 Å². The number of benzene rings is 2. The van der Waals surface area contributed by atoms with Crippen molar-refractivity contribution in [3.8, 4) is 17.6 Å². The largest absolute Gasteiger partial charge is 0.491 e. The van der Waals surface area contributed by atoms with Crippen molar-refractivity contribution in [3.05, 3.63) is 106 Å². The molecule has 2 amide bonds. The van der Waals surface area contributed by atoms with Crippen molar-refractivity contribution >= 4 is 23.1 Å². The van der Waals surface area contributed by atoms with E-state index < -0.39 is 29.9 Å². The van der Waals surface area contributed by atoms with Crippen molar-refractivity contribution in [1.29, 1.82) is 0 Å². The van der Waals surface area contributed by atoms with Gasteiger partial charge in [-0.2, -0.15) is 13.2 Å². The molecule has 81 heavy (non-hydrogen) atoms. The first kappa shape index (κ1) is 63.0. The minimum atomic E-state index is -4.58. The van der Waals surface area contributed by atoms with Gasteiger partial charge in [-0.3, -0.25) is 18.9 Å². The van der Waals surface area contributed by atoms with Crippen LogP contribution < -0.4 is 15.4 Å². The Morgan fingerprint density at radius 1 is 0.704 bits per heavy atom. The summed E-state index contributed by atoms with van der Waals surface area (Å²) in [5.41, 5.74) is 3.13. The Hall–Kier alpha value is -5.56. The fraction of sp³-hybridized carbons (Fsp3) is 0.569. The molecule has 3 heterocycles. The zero-order valence-electron chi connectivity index (χ0n) is 46.3. The molecule has 20 nitrogen and oxygen atoms in total. The van der Waals surface area contributed by atoms with Crippen LogP contribution in [0.4, 0.5) is 18.9 Å². The molecule has 1 aliphatic heterocycles. The number of halogens is 3. The number of aromatic nitrogens is 2. The van der Waals surface area contributed by atoms with E-state index in [2.05, 4.69) is 32.4 Å². The Bertz CT molecular complexity index is 2670. The number of carbonyl (C=O) groups is 2. The highest BCUT2D eigenvalue weighted by Gasteiger charge is 2.48. The molecule has 4 N–H and O–H groups in total. The lowest BCUT2D eigenvalue weighted by Gasteiger charge is -2.33. The van der Waals surface area contributed by atoms with Gasteiger partial charge in [0.2, 0.25) is 5.91 Å². The van der Waals surface area contributed by atoms with Gasteiger partial charge in [-0.15, -0.1) is 0 Å². The van der Waals surface area contributed by atoms with E-state index >= 15 is 0 Å². The normalized spacial score (nSPS) is 18.3. The highest BCUT2D eigenvalue weighted by atomic mass is 19.4. The first-order valence-corrected chi connectivity index (χ1v) is 27.5. The number of aliphatic hydroxyl groups excluding tert-OH is 2. The van der Waals surface area contributed by atoms with Crippen molar-refractivity contribution in [1.82, 2.24) is 24.5 Å². The number of likely N-dealkylation sites (N-methyl/N-ethyl adjacent to an activating group) is 1. The van der Waals surface area contributed by atoms with Crippen LogP contribution in [-0.2, 0) is 60.1 Å². The quantitative estimate of drug-likeness (QED) is 0.0288. The van der Waals surface area contributed by atoms with E-state index in [0.717, 1.165) is 30.3 Å². The lowest BCUT2D eigenvalue weighted by Crippen LogP contribution is -2.44. The van der Waals surface area contributed by atoms with E-state index in [1.807, 2.05) is 29.3 Å². The highest BCUT2D eigenvalue weighted by molar-refractivity contribution is 6.04. The molecule has 23 heteroatoms. The molecule has 444 valence electrons. The van der Waals surface area contributed by atoms with Gasteiger partial charge in [-0.05, 0) is 73.3 Å². The Kier molecular flexibility index (Phi) is 26.1. The molecule has 4 atom stereocenters. The lowest BCUT2D eigenvalue weighted by atomic mass is 9.83. The molecule has 1 saturated heterocycles. The minimum Gasteiger partial charge on any atom is -0.491 e. The third-order valence-corrected chi connectivity index (χ3v) is 13.8. The number of fused-ring (bicyclic) bond motifs is 2. The molecule has 0 radical (unpaired) electrons. The molecular weight excluding hydrogens is 1060 g/mol. The topological polar surface area (TPSA) is 215 Å². The molecule has 1 fully saturated rings. The second-order valence-corrected chi connectivity index (χ2v) is 19.6. The number of rotatable bonds is 36. The Morgan fingerprint density at radius 3 is 1.83 bits per heavy atom. The molecule has 2 aromatic heterocycles. The van der Waals surface area contributed by atoms with Crippen LogP contribution in [0.15, 0.2) is 72.6 Å². The van der Waals surface area contributed by atoms with Crippen molar-refractivity contribution < 1.29 is 80.3 Å². The van der Waals surface area contributed by atoms with E-state index in [9.17, 15) is 33.0 Å². The smallest absolute Gasteiger partial charge is 0.416 e. The maximum Gasteiger partial charge on any atom is 0.416 e. The Morgan fingerprint density at radius 2 is 1.27 bits per heavy atom. The van der Waals surface area contributed by atoms with Gasteiger partial charge in [0, 0.05) is 74.3 Å². The zero-order chi connectivity index (χ0) is 57.2. The molecule has 3 aliphatic rings. The molecule has 2 bridgehead atoms. The van der Waals surface area contributed by atoms with Gasteiger partial charge in [0.15, 0.2) is 0 Å². The summed E-state index contributed by atoms with van der Waals surface area (Å²) in [6.07, 6.45) is -0.567. The van der Waals surface area contributed by atoms with Crippen molar-refractivity contribution in [2.45, 2.75) is 38.3 Å².